The summed E-state index contributed by atoms with van der Waals surface area (Å²) in [6, 6.07) is 0. The van der Waals surface area contributed by atoms with Crippen molar-refractivity contribution in [1.82, 2.24) is 9.55 Å². The molecule has 0 spiro atoms. The average molecular weight is 138 g/mol. The maximum Gasteiger partial charge on any atom is 0.127 e. The van der Waals surface area contributed by atoms with Crippen LogP contribution in [-0.4, -0.2) is 9.55 Å². The van der Waals surface area contributed by atoms with Crippen molar-refractivity contribution in [3.8, 4) is 0 Å². The van der Waals surface area contributed by atoms with Crippen molar-refractivity contribution in [2.75, 3.05) is 5.73 Å². The lowest BCUT2D eigenvalue weighted by molar-refractivity contribution is 1.03. The Morgan fingerprint density at radius 2 is 2.40 bits per heavy atom. The molecule has 4 N–H and O–H groups in total. The van der Waals surface area contributed by atoms with Crippen LogP contribution in [0.5, 0.6) is 0 Å². The van der Waals surface area contributed by atoms with Gasteiger partial charge in [0.2, 0.25) is 0 Å². The van der Waals surface area contributed by atoms with E-state index in [4.69, 9.17) is 11.5 Å². The zero-order chi connectivity index (χ0) is 7.56. The van der Waals surface area contributed by atoms with Gasteiger partial charge >= 0.3 is 0 Å². The Bertz CT molecular complexity index is 229. The maximum atomic E-state index is 5.52. The van der Waals surface area contributed by atoms with Crippen molar-refractivity contribution in [3.05, 3.63) is 18.2 Å². The molecule has 54 valence electrons. The van der Waals surface area contributed by atoms with E-state index in [1.54, 1.807) is 17.0 Å². The minimum atomic E-state index is 0.596. The van der Waals surface area contributed by atoms with E-state index < -0.39 is 0 Å². The quantitative estimate of drug-likeness (QED) is 0.580. The normalized spacial score (nSPS) is 10.9. The van der Waals surface area contributed by atoms with Gasteiger partial charge in [-0.2, -0.15) is 0 Å². The fourth-order valence-electron chi connectivity index (χ4n) is 0.751. The molecule has 4 nitrogen and oxygen atoms in total. The molecule has 0 amide bonds. The lowest BCUT2D eigenvalue weighted by Gasteiger charge is -1.96. The van der Waals surface area contributed by atoms with Crippen LogP contribution in [0, 0.1) is 6.92 Å². The lowest BCUT2D eigenvalue weighted by atomic mass is 10.6. The number of nitrogens with two attached hydrogens (primary N) is 2. The molecule has 0 unspecified atom stereocenters. The second-order valence-corrected chi connectivity index (χ2v) is 1.94. The van der Waals surface area contributed by atoms with Crippen LogP contribution in [0.15, 0.2) is 12.4 Å². The molecular weight excluding hydrogens is 128 g/mol. The number of aromatic nitrogens is 2. The van der Waals surface area contributed by atoms with Crippen molar-refractivity contribution in [2.45, 2.75) is 6.92 Å². The molecular formula is C6H10N4. The zero-order valence-corrected chi connectivity index (χ0v) is 5.78. The van der Waals surface area contributed by atoms with Gasteiger partial charge in [-0.15, -0.1) is 0 Å². The van der Waals surface area contributed by atoms with Gasteiger partial charge in [0.25, 0.3) is 0 Å². The summed E-state index contributed by atoms with van der Waals surface area (Å²) < 4.78 is 1.71. The fourth-order valence-corrected chi connectivity index (χ4v) is 0.751. The van der Waals surface area contributed by atoms with Crippen LogP contribution >= 0.6 is 0 Å². The van der Waals surface area contributed by atoms with Gasteiger partial charge in [-0.1, -0.05) is 0 Å². The SMILES string of the molecule is Cc1ncc(N)n1/C=C\N. The van der Waals surface area contributed by atoms with E-state index in [0.717, 1.165) is 5.82 Å². The van der Waals surface area contributed by atoms with Crippen molar-refractivity contribution in [2.24, 2.45) is 5.73 Å². The second kappa shape index (κ2) is 2.43. The number of anilines is 1. The smallest absolute Gasteiger partial charge is 0.127 e. The van der Waals surface area contributed by atoms with Gasteiger partial charge in [0, 0.05) is 12.4 Å². The molecule has 0 atom stereocenters. The Kier molecular flexibility index (Phi) is 1.62. The Morgan fingerprint density at radius 1 is 1.70 bits per heavy atom. The summed E-state index contributed by atoms with van der Waals surface area (Å²) in [6.45, 7) is 1.86. The number of nitrogen functional groups attached to an aromatic ring is 1. The number of aryl methyl sites for hydroxylation is 1. The van der Waals surface area contributed by atoms with Crippen LogP contribution in [0.4, 0.5) is 5.82 Å². The predicted octanol–water partition coefficient (Wildman–Crippen LogP) is 0.161. The van der Waals surface area contributed by atoms with E-state index >= 15 is 0 Å². The van der Waals surface area contributed by atoms with E-state index in [-0.39, 0.29) is 0 Å². The second-order valence-electron chi connectivity index (χ2n) is 1.94. The predicted molar refractivity (Wildman–Crippen MR) is 40.9 cm³/mol. The van der Waals surface area contributed by atoms with Crippen molar-refractivity contribution >= 4 is 12.0 Å². The first-order valence-electron chi connectivity index (χ1n) is 2.93. The summed E-state index contributed by atoms with van der Waals surface area (Å²) in [5.74, 6) is 1.43. The molecule has 1 aromatic heterocycles. The van der Waals surface area contributed by atoms with Crippen LogP contribution in [0.1, 0.15) is 5.82 Å². The van der Waals surface area contributed by atoms with Crippen LogP contribution in [0.2, 0.25) is 0 Å². The molecule has 0 saturated heterocycles. The third kappa shape index (κ3) is 0.953. The number of nitrogens with zero attached hydrogens (tertiary/aromatic N) is 2. The van der Waals surface area contributed by atoms with Crippen molar-refractivity contribution in [3.63, 3.8) is 0 Å². The summed E-state index contributed by atoms with van der Waals surface area (Å²) in [7, 11) is 0. The molecule has 10 heavy (non-hydrogen) atoms. The fraction of sp³-hybridized carbons (Fsp3) is 0.167. The first-order valence-corrected chi connectivity index (χ1v) is 2.93. The van der Waals surface area contributed by atoms with Gasteiger partial charge in [0.05, 0.1) is 6.20 Å². The van der Waals surface area contributed by atoms with Gasteiger partial charge in [0.1, 0.15) is 11.6 Å². The molecule has 4 heteroatoms. The lowest BCUT2D eigenvalue weighted by Crippen LogP contribution is -1.97. The molecule has 0 aliphatic heterocycles. The van der Waals surface area contributed by atoms with Crippen LogP contribution in [0.25, 0.3) is 6.20 Å². The minimum Gasteiger partial charge on any atom is -0.403 e. The van der Waals surface area contributed by atoms with E-state index in [9.17, 15) is 0 Å². The standard InChI is InChI=1S/C6H10N4/c1-5-9-4-6(8)10(5)3-2-7/h2-4H,7-8H2,1H3/b3-2-. The number of hydrogen-bond acceptors (Lipinski definition) is 3. The highest BCUT2D eigenvalue weighted by atomic mass is 15.1. The molecule has 0 bridgehead atoms. The topological polar surface area (TPSA) is 69.9 Å². The summed E-state index contributed by atoms with van der Waals surface area (Å²) >= 11 is 0. The number of rotatable bonds is 1. The van der Waals surface area contributed by atoms with Gasteiger partial charge in [-0.25, -0.2) is 4.98 Å². The Hall–Kier alpha value is -1.45. The minimum absolute atomic E-state index is 0.596. The first kappa shape index (κ1) is 6.67. The summed E-state index contributed by atoms with van der Waals surface area (Å²) in [5, 5.41) is 0. The zero-order valence-electron chi connectivity index (χ0n) is 5.78. The van der Waals surface area contributed by atoms with Crippen LogP contribution < -0.4 is 11.5 Å². The van der Waals surface area contributed by atoms with Gasteiger partial charge in [0.15, 0.2) is 0 Å². The Morgan fingerprint density at radius 3 is 2.80 bits per heavy atom. The largest absolute Gasteiger partial charge is 0.403 e. The molecule has 0 aliphatic rings. The average Bonchev–Trinajstić information content (AvgIpc) is 2.20. The van der Waals surface area contributed by atoms with Crippen molar-refractivity contribution in [1.29, 1.82) is 0 Å². The highest BCUT2D eigenvalue weighted by Gasteiger charge is 1.96. The molecule has 0 saturated carbocycles. The molecule has 0 fully saturated rings. The monoisotopic (exact) mass is 138 g/mol. The number of imidazole rings is 1. The highest BCUT2D eigenvalue weighted by Crippen LogP contribution is 2.05. The summed E-state index contributed by atoms with van der Waals surface area (Å²) in [5.41, 5.74) is 10.7. The van der Waals surface area contributed by atoms with E-state index in [0.29, 0.717) is 5.82 Å². The molecule has 1 heterocycles. The third-order valence-electron chi connectivity index (χ3n) is 1.25. The maximum absolute atomic E-state index is 5.52. The Balaban J connectivity index is 3.10. The van der Waals surface area contributed by atoms with Crippen LogP contribution in [-0.2, 0) is 0 Å². The molecule has 0 aliphatic carbocycles. The van der Waals surface area contributed by atoms with Gasteiger partial charge < -0.3 is 11.5 Å². The van der Waals surface area contributed by atoms with Crippen molar-refractivity contribution < 1.29 is 0 Å². The molecule has 1 rings (SSSR count). The van der Waals surface area contributed by atoms with E-state index in [1.807, 2.05) is 6.92 Å². The first-order chi connectivity index (χ1) is 4.75. The molecule has 1 aromatic rings. The van der Waals surface area contributed by atoms with E-state index in [1.165, 1.54) is 6.20 Å². The summed E-state index contributed by atoms with van der Waals surface area (Å²) in [4.78, 5) is 3.97. The Labute approximate surface area is 59.2 Å². The third-order valence-corrected chi connectivity index (χ3v) is 1.25. The summed E-state index contributed by atoms with van der Waals surface area (Å²) in [6.07, 6.45) is 4.68. The number of hydrogen-bond donors (Lipinski definition) is 2. The highest BCUT2D eigenvalue weighted by molar-refractivity contribution is 5.39. The molecule has 0 radical (unpaired) electrons. The van der Waals surface area contributed by atoms with Crippen LogP contribution in [0.3, 0.4) is 0 Å². The van der Waals surface area contributed by atoms with E-state index in [2.05, 4.69) is 4.98 Å². The molecule has 0 aromatic carbocycles. The van der Waals surface area contributed by atoms with Gasteiger partial charge in [-0.3, -0.25) is 4.57 Å². The van der Waals surface area contributed by atoms with Gasteiger partial charge in [-0.05, 0) is 6.92 Å².